The second kappa shape index (κ2) is 6.80. The zero-order chi connectivity index (χ0) is 11.1. The smallest absolute Gasteiger partial charge is 0.233 e. The number of carbonyl (C=O) groups is 1. The molecule has 1 aliphatic rings. The molecule has 1 fully saturated rings. The summed E-state index contributed by atoms with van der Waals surface area (Å²) in [7, 11) is 0. The molecule has 15 heavy (non-hydrogen) atoms. The van der Waals surface area contributed by atoms with Crippen LogP contribution in [-0.4, -0.2) is 37.3 Å². The van der Waals surface area contributed by atoms with Gasteiger partial charge in [-0.25, -0.2) is 0 Å². The molecule has 0 aromatic rings. The molecular formula is C11H22N2O2. The number of carbonyl (C=O) groups excluding carboxylic acids is 1. The monoisotopic (exact) mass is 214 g/mol. The van der Waals surface area contributed by atoms with E-state index in [0.717, 1.165) is 25.4 Å². The first-order valence-corrected chi connectivity index (χ1v) is 5.80. The number of aliphatic hydroxyl groups is 1. The second-order valence-corrected chi connectivity index (χ2v) is 4.50. The normalized spacial score (nSPS) is 17.5. The maximum atomic E-state index is 11.3. The summed E-state index contributed by atoms with van der Waals surface area (Å²) in [5, 5.41) is 14.7. The Bertz CT molecular complexity index is 193. The van der Waals surface area contributed by atoms with Gasteiger partial charge < -0.3 is 15.7 Å². The minimum Gasteiger partial charge on any atom is -0.396 e. The molecule has 1 amide bonds. The Labute approximate surface area is 91.4 Å². The highest BCUT2D eigenvalue weighted by atomic mass is 16.3. The van der Waals surface area contributed by atoms with Crippen LogP contribution in [0, 0.1) is 11.8 Å². The molecule has 4 nitrogen and oxygen atoms in total. The number of hydrogen-bond donors (Lipinski definition) is 3. The van der Waals surface area contributed by atoms with Crippen LogP contribution in [0.25, 0.3) is 0 Å². The van der Waals surface area contributed by atoms with Crippen LogP contribution in [0.1, 0.15) is 26.2 Å². The van der Waals surface area contributed by atoms with Gasteiger partial charge in [0.2, 0.25) is 5.91 Å². The summed E-state index contributed by atoms with van der Waals surface area (Å²) in [5.74, 6) is 1.24. The van der Waals surface area contributed by atoms with E-state index in [1.165, 1.54) is 12.8 Å². The Morgan fingerprint density at radius 1 is 1.53 bits per heavy atom. The number of rotatable bonds is 8. The van der Waals surface area contributed by atoms with Crippen LogP contribution >= 0.6 is 0 Å². The fourth-order valence-corrected chi connectivity index (χ4v) is 1.40. The zero-order valence-corrected chi connectivity index (χ0v) is 9.46. The van der Waals surface area contributed by atoms with Gasteiger partial charge >= 0.3 is 0 Å². The van der Waals surface area contributed by atoms with Gasteiger partial charge in [0.15, 0.2) is 0 Å². The van der Waals surface area contributed by atoms with Gasteiger partial charge in [-0.3, -0.25) is 4.79 Å². The van der Waals surface area contributed by atoms with Crippen LogP contribution in [0.3, 0.4) is 0 Å². The van der Waals surface area contributed by atoms with Gasteiger partial charge in [0.25, 0.3) is 0 Å². The van der Waals surface area contributed by atoms with Crippen molar-refractivity contribution >= 4 is 5.91 Å². The van der Waals surface area contributed by atoms with Gasteiger partial charge in [0.05, 0.1) is 6.54 Å². The van der Waals surface area contributed by atoms with Gasteiger partial charge in [-0.2, -0.15) is 0 Å². The molecule has 88 valence electrons. The molecule has 0 spiro atoms. The van der Waals surface area contributed by atoms with Gasteiger partial charge in [-0.1, -0.05) is 6.92 Å². The summed E-state index contributed by atoms with van der Waals surface area (Å²) in [4.78, 5) is 11.3. The molecular weight excluding hydrogens is 192 g/mol. The average molecular weight is 214 g/mol. The summed E-state index contributed by atoms with van der Waals surface area (Å²) in [6.45, 7) is 4.30. The Hall–Kier alpha value is -0.610. The van der Waals surface area contributed by atoms with Gasteiger partial charge in [0.1, 0.15) is 0 Å². The highest BCUT2D eigenvalue weighted by molar-refractivity contribution is 5.77. The fourth-order valence-electron chi connectivity index (χ4n) is 1.40. The molecule has 1 rings (SSSR count). The molecule has 0 aliphatic heterocycles. The van der Waals surface area contributed by atoms with Gasteiger partial charge in [-0.15, -0.1) is 0 Å². The maximum absolute atomic E-state index is 11.3. The van der Waals surface area contributed by atoms with Crippen molar-refractivity contribution in [3.63, 3.8) is 0 Å². The van der Waals surface area contributed by atoms with E-state index in [-0.39, 0.29) is 12.5 Å². The van der Waals surface area contributed by atoms with Crippen LogP contribution in [0.2, 0.25) is 0 Å². The van der Waals surface area contributed by atoms with Crippen molar-refractivity contribution in [3.8, 4) is 0 Å². The first-order chi connectivity index (χ1) is 7.22. The third-order valence-electron chi connectivity index (χ3n) is 2.69. The van der Waals surface area contributed by atoms with E-state index in [1.807, 2.05) is 0 Å². The van der Waals surface area contributed by atoms with Crippen molar-refractivity contribution in [2.45, 2.75) is 26.2 Å². The largest absolute Gasteiger partial charge is 0.396 e. The van der Waals surface area contributed by atoms with Crippen LogP contribution in [-0.2, 0) is 4.79 Å². The van der Waals surface area contributed by atoms with E-state index in [9.17, 15) is 4.79 Å². The summed E-state index contributed by atoms with van der Waals surface area (Å²) in [5.41, 5.74) is 0. The lowest BCUT2D eigenvalue weighted by atomic mass is 10.1. The van der Waals surface area contributed by atoms with E-state index in [0.29, 0.717) is 12.5 Å². The zero-order valence-electron chi connectivity index (χ0n) is 9.46. The minimum atomic E-state index is 0.0816. The van der Waals surface area contributed by atoms with Crippen molar-refractivity contribution in [1.29, 1.82) is 0 Å². The minimum absolute atomic E-state index is 0.0816. The van der Waals surface area contributed by atoms with Crippen LogP contribution < -0.4 is 10.6 Å². The predicted octanol–water partition coefficient (Wildman–Crippen LogP) is 0.121. The van der Waals surface area contributed by atoms with Crippen LogP contribution in [0.4, 0.5) is 0 Å². The van der Waals surface area contributed by atoms with Gasteiger partial charge in [0, 0.05) is 13.2 Å². The Kier molecular flexibility index (Phi) is 5.65. The van der Waals surface area contributed by atoms with Crippen molar-refractivity contribution in [1.82, 2.24) is 10.6 Å². The Morgan fingerprint density at radius 3 is 2.87 bits per heavy atom. The lowest BCUT2D eigenvalue weighted by molar-refractivity contribution is -0.120. The van der Waals surface area contributed by atoms with E-state index in [2.05, 4.69) is 17.6 Å². The Morgan fingerprint density at radius 2 is 2.27 bits per heavy atom. The van der Waals surface area contributed by atoms with Crippen LogP contribution in [0.5, 0.6) is 0 Å². The lowest BCUT2D eigenvalue weighted by Crippen LogP contribution is -2.36. The summed E-state index contributed by atoms with van der Waals surface area (Å²) >= 11 is 0. The molecule has 1 saturated carbocycles. The third-order valence-corrected chi connectivity index (χ3v) is 2.69. The summed E-state index contributed by atoms with van der Waals surface area (Å²) < 4.78 is 0. The maximum Gasteiger partial charge on any atom is 0.233 e. The van der Waals surface area contributed by atoms with E-state index in [4.69, 9.17) is 5.11 Å². The third kappa shape index (κ3) is 6.47. The quantitative estimate of drug-likeness (QED) is 0.538. The fraction of sp³-hybridized carbons (Fsp3) is 0.909. The van der Waals surface area contributed by atoms with Crippen molar-refractivity contribution in [2.75, 3.05) is 26.2 Å². The van der Waals surface area contributed by atoms with Crippen molar-refractivity contribution in [3.05, 3.63) is 0 Å². The molecule has 0 bridgehead atoms. The number of amides is 1. The summed E-state index contributed by atoms with van der Waals surface area (Å²) in [6, 6.07) is 0. The van der Waals surface area contributed by atoms with Gasteiger partial charge in [-0.05, 0) is 37.6 Å². The number of nitrogens with one attached hydrogen (secondary N) is 2. The molecule has 1 aliphatic carbocycles. The first-order valence-electron chi connectivity index (χ1n) is 5.80. The molecule has 1 unspecified atom stereocenters. The van der Waals surface area contributed by atoms with Crippen molar-refractivity contribution in [2.24, 2.45) is 11.8 Å². The molecule has 0 aromatic heterocycles. The standard InChI is InChI=1S/C11H22N2O2/c1-9(4-5-14)6-12-8-11(15)13-7-10-2-3-10/h9-10,12,14H,2-8H2,1H3,(H,13,15). The molecule has 3 N–H and O–H groups in total. The molecule has 0 aromatic carbocycles. The summed E-state index contributed by atoms with van der Waals surface area (Å²) in [6.07, 6.45) is 3.32. The molecule has 1 atom stereocenters. The predicted molar refractivity (Wildman–Crippen MR) is 59.5 cm³/mol. The van der Waals surface area contributed by atoms with Crippen LogP contribution in [0.15, 0.2) is 0 Å². The van der Waals surface area contributed by atoms with E-state index in [1.54, 1.807) is 0 Å². The average Bonchev–Trinajstić information content (AvgIpc) is 2.98. The highest BCUT2D eigenvalue weighted by Gasteiger charge is 2.21. The van der Waals surface area contributed by atoms with E-state index < -0.39 is 0 Å². The molecule has 0 heterocycles. The highest BCUT2D eigenvalue weighted by Crippen LogP contribution is 2.27. The molecule has 0 radical (unpaired) electrons. The SMILES string of the molecule is CC(CCO)CNCC(=O)NCC1CC1. The first kappa shape index (κ1) is 12.5. The topological polar surface area (TPSA) is 61.4 Å². The molecule has 0 saturated heterocycles. The van der Waals surface area contributed by atoms with E-state index >= 15 is 0 Å². The number of hydrogen-bond acceptors (Lipinski definition) is 3. The lowest BCUT2D eigenvalue weighted by Gasteiger charge is -2.10. The second-order valence-electron chi connectivity index (χ2n) is 4.50. The molecule has 4 heteroatoms. The number of aliphatic hydroxyl groups excluding tert-OH is 1. The Balaban J connectivity index is 1.91. The van der Waals surface area contributed by atoms with Crippen molar-refractivity contribution < 1.29 is 9.90 Å².